The van der Waals surface area contributed by atoms with Crippen molar-refractivity contribution in [3.8, 4) is 0 Å². The summed E-state index contributed by atoms with van der Waals surface area (Å²) in [5, 5.41) is 5.36. The number of benzene rings is 3. The van der Waals surface area contributed by atoms with Gasteiger partial charge in [0.1, 0.15) is 11.9 Å². The van der Waals surface area contributed by atoms with Crippen LogP contribution in [0.1, 0.15) is 22.8 Å². The van der Waals surface area contributed by atoms with E-state index >= 15 is 0 Å². The molecule has 0 fully saturated rings. The average molecular weight is 490 g/mol. The Bertz CT molecular complexity index is 1250. The van der Waals surface area contributed by atoms with Crippen LogP contribution in [0.5, 0.6) is 0 Å². The third-order valence-corrected chi connectivity index (χ3v) is 6.36. The van der Waals surface area contributed by atoms with Gasteiger partial charge in [0.25, 0.3) is 15.9 Å². The van der Waals surface area contributed by atoms with Crippen molar-refractivity contribution in [3.63, 3.8) is 0 Å². The Balaban J connectivity index is 1.67. The van der Waals surface area contributed by atoms with E-state index in [-0.39, 0.29) is 27.1 Å². The Morgan fingerprint density at radius 3 is 2.33 bits per heavy atom. The van der Waals surface area contributed by atoms with Crippen molar-refractivity contribution < 1.29 is 22.4 Å². The molecular formula is C23H21ClFN3O4S. The molecule has 0 saturated carbocycles. The third-order valence-electron chi connectivity index (χ3n) is 4.65. The monoisotopic (exact) mass is 489 g/mol. The average Bonchev–Trinajstić information content (AvgIpc) is 2.79. The lowest BCUT2D eigenvalue weighted by Crippen LogP contribution is -2.44. The second kappa shape index (κ2) is 10.5. The minimum atomic E-state index is -4.06. The topological polar surface area (TPSA) is 104 Å². The number of carbonyl (C=O) groups is 2. The van der Waals surface area contributed by atoms with E-state index in [2.05, 4.69) is 15.4 Å². The lowest BCUT2D eigenvalue weighted by molar-refractivity contribution is -0.122. The predicted molar refractivity (Wildman–Crippen MR) is 124 cm³/mol. The summed E-state index contributed by atoms with van der Waals surface area (Å²) < 4.78 is 40.5. The zero-order chi connectivity index (χ0) is 24.0. The molecular weight excluding hydrogens is 469 g/mol. The zero-order valence-electron chi connectivity index (χ0n) is 17.5. The molecule has 0 spiro atoms. The highest BCUT2D eigenvalue weighted by Crippen LogP contribution is 2.26. The Kier molecular flexibility index (Phi) is 7.67. The van der Waals surface area contributed by atoms with E-state index < -0.39 is 27.8 Å². The SMILES string of the molecule is CC(NC(=O)c1ccc(Cl)c(NS(=O)(=O)c2ccc(F)cc2)c1)C(=O)NCc1ccccc1. The largest absolute Gasteiger partial charge is 0.350 e. The third kappa shape index (κ3) is 6.53. The molecule has 3 N–H and O–H groups in total. The van der Waals surface area contributed by atoms with Crippen LogP contribution in [0.2, 0.25) is 5.02 Å². The standard InChI is InChI=1S/C23H21ClFN3O4S/c1-15(22(29)26-14-16-5-3-2-4-6-16)27-23(30)17-7-12-20(24)21(13-17)28-33(31,32)19-10-8-18(25)9-11-19/h2-13,15,28H,14H2,1H3,(H,26,29)(H,27,30). The fourth-order valence-corrected chi connectivity index (χ4v) is 4.14. The summed E-state index contributed by atoms with van der Waals surface area (Å²) in [5.41, 5.74) is 0.980. The van der Waals surface area contributed by atoms with Gasteiger partial charge >= 0.3 is 0 Å². The number of hydrogen-bond acceptors (Lipinski definition) is 4. The molecule has 1 atom stereocenters. The molecule has 0 radical (unpaired) electrons. The summed E-state index contributed by atoms with van der Waals surface area (Å²) in [6.45, 7) is 1.85. The maximum absolute atomic E-state index is 13.1. The van der Waals surface area contributed by atoms with E-state index in [1.54, 1.807) is 0 Å². The molecule has 0 aliphatic heterocycles. The van der Waals surface area contributed by atoms with Crippen molar-refractivity contribution in [1.29, 1.82) is 0 Å². The van der Waals surface area contributed by atoms with Crippen molar-refractivity contribution in [2.24, 2.45) is 0 Å². The first-order chi connectivity index (χ1) is 15.7. The molecule has 0 aromatic heterocycles. The van der Waals surface area contributed by atoms with Crippen molar-refractivity contribution in [2.75, 3.05) is 4.72 Å². The lowest BCUT2D eigenvalue weighted by atomic mass is 10.1. The van der Waals surface area contributed by atoms with Gasteiger partial charge in [-0.25, -0.2) is 12.8 Å². The first-order valence-corrected chi connectivity index (χ1v) is 11.7. The summed E-state index contributed by atoms with van der Waals surface area (Å²) in [6.07, 6.45) is 0. The number of amides is 2. The van der Waals surface area contributed by atoms with E-state index in [0.29, 0.717) is 6.54 Å². The van der Waals surface area contributed by atoms with Crippen LogP contribution in [0.15, 0.2) is 77.7 Å². The van der Waals surface area contributed by atoms with Crippen LogP contribution in [-0.2, 0) is 21.4 Å². The molecule has 10 heteroatoms. The number of sulfonamides is 1. The molecule has 3 rings (SSSR count). The van der Waals surface area contributed by atoms with Crippen molar-refractivity contribution in [2.45, 2.75) is 24.4 Å². The van der Waals surface area contributed by atoms with Crippen LogP contribution in [0.4, 0.5) is 10.1 Å². The Morgan fingerprint density at radius 1 is 1.00 bits per heavy atom. The smallest absolute Gasteiger partial charge is 0.261 e. The summed E-state index contributed by atoms with van der Waals surface area (Å²) >= 11 is 6.09. The van der Waals surface area contributed by atoms with Crippen molar-refractivity contribution >= 4 is 39.1 Å². The van der Waals surface area contributed by atoms with Gasteiger partial charge in [-0.3, -0.25) is 14.3 Å². The van der Waals surface area contributed by atoms with Crippen LogP contribution in [-0.4, -0.2) is 26.3 Å². The number of hydrogen-bond donors (Lipinski definition) is 3. The number of rotatable bonds is 8. The molecule has 7 nitrogen and oxygen atoms in total. The highest BCUT2D eigenvalue weighted by atomic mass is 35.5. The molecule has 3 aromatic carbocycles. The molecule has 0 heterocycles. The van der Waals surface area contributed by atoms with Crippen LogP contribution in [0.3, 0.4) is 0 Å². The summed E-state index contributed by atoms with van der Waals surface area (Å²) in [7, 11) is -4.06. The molecule has 172 valence electrons. The van der Waals surface area contributed by atoms with Gasteiger partial charge < -0.3 is 10.6 Å². The molecule has 3 aromatic rings. The predicted octanol–water partition coefficient (Wildman–Crippen LogP) is 3.71. The second-order valence-electron chi connectivity index (χ2n) is 7.15. The van der Waals surface area contributed by atoms with Crippen molar-refractivity contribution in [3.05, 3.63) is 94.8 Å². The first-order valence-electron chi connectivity index (χ1n) is 9.86. The van der Waals surface area contributed by atoms with Gasteiger partial charge in [0.15, 0.2) is 0 Å². The van der Waals surface area contributed by atoms with E-state index in [0.717, 1.165) is 29.8 Å². The van der Waals surface area contributed by atoms with Crippen LogP contribution in [0.25, 0.3) is 0 Å². The fourth-order valence-electron chi connectivity index (χ4n) is 2.85. The van der Waals surface area contributed by atoms with Crippen LogP contribution >= 0.6 is 11.6 Å². The van der Waals surface area contributed by atoms with Gasteiger partial charge in [0.05, 0.1) is 15.6 Å². The fraction of sp³-hybridized carbons (Fsp3) is 0.130. The van der Waals surface area contributed by atoms with E-state index in [1.165, 1.54) is 25.1 Å². The molecule has 0 aliphatic rings. The van der Waals surface area contributed by atoms with Gasteiger partial charge in [-0.2, -0.15) is 0 Å². The number of halogens is 2. The molecule has 2 amide bonds. The molecule has 1 unspecified atom stereocenters. The first kappa shape index (κ1) is 24.2. The molecule has 0 bridgehead atoms. The van der Waals surface area contributed by atoms with Gasteiger partial charge in [-0.15, -0.1) is 0 Å². The second-order valence-corrected chi connectivity index (χ2v) is 9.24. The Hall–Kier alpha value is -3.43. The minimum Gasteiger partial charge on any atom is -0.350 e. The van der Waals surface area contributed by atoms with Crippen LogP contribution in [0, 0.1) is 5.82 Å². The molecule has 0 aliphatic carbocycles. The number of carbonyl (C=O) groups excluding carboxylic acids is 2. The highest BCUT2D eigenvalue weighted by molar-refractivity contribution is 7.92. The summed E-state index contributed by atoms with van der Waals surface area (Å²) in [5.74, 6) is -1.54. The zero-order valence-corrected chi connectivity index (χ0v) is 19.1. The van der Waals surface area contributed by atoms with Gasteiger partial charge in [-0.1, -0.05) is 41.9 Å². The van der Waals surface area contributed by atoms with E-state index in [1.807, 2.05) is 30.3 Å². The summed E-state index contributed by atoms with van der Waals surface area (Å²) in [6, 6.07) is 16.8. The van der Waals surface area contributed by atoms with Gasteiger partial charge in [0, 0.05) is 12.1 Å². The summed E-state index contributed by atoms with van der Waals surface area (Å²) in [4.78, 5) is 24.8. The van der Waals surface area contributed by atoms with E-state index in [9.17, 15) is 22.4 Å². The highest BCUT2D eigenvalue weighted by Gasteiger charge is 2.20. The van der Waals surface area contributed by atoms with Crippen molar-refractivity contribution in [1.82, 2.24) is 10.6 Å². The maximum atomic E-state index is 13.1. The number of nitrogens with one attached hydrogen (secondary N) is 3. The minimum absolute atomic E-state index is 0.0326. The molecule has 33 heavy (non-hydrogen) atoms. The normalized spacial score (nSPS) is 12.0. The maximum Gasteiger partial charge on any atom is 0.261 e. The lowest BCUT2D eigenvalue weighted by Gasteiger charge is -2.15. The Morgan fingerprint density at radius 2 is 1.67 bits per heavy atom. The van der Waals surface area contributed by atoms with Gasteiger partial charge in [-0.05, 0) is 55.0 Å². The molecule has 0 saturated heterocycles. The van der Waals surface area contributed by atoms with Crippen LogP contribution < -0.4 is 15.4 Å². The van der Waals surface area contributed by atoms with Gasteiger partial charge in [0.2, 0.25) is 5.91 Å². The van der Waals surface area contributed by atoms with E-state index in [4.69, 9.17) is 11.6 Å². The quantitative estimate of drug-likeness (QED) is 0.448. The Labute approximate surface area is 196 Å². The number of anilines is 1.